The first kappa shape index (κ1) is 23.4. The number of anilines is 2. The topological polar surface area (TPSA) is 92.3 Å². The van der Waals surface area contributed by atoms with Crippen molar-refractivity contribution in [1.29, 1.82) is 0 Å². The van der Waals surface area contributed by atoms with Gasteiger partial charge in [0, 0.05) is 19.0 Å². The van der Waals surface area contributed by atoms with Gasteiger partial charge in [-0.3, -0.25) is 9.44 Å². The lowest BCUT2D eigenvalue weighted by atomic mass is 10.3. The van der Waals surface area contributed by atoms with E-state index < -0.39 is 20.0 Å². The van der Waals surface area contributed by atoms with E-state index in [1.165, 1.54) is 60.7 Å². The van der Waals surface area contributed by atoms with Crippen LogP contribution in [0.4, 0.5) is 11.4 Å². The molecule has 30 heavy (non-hydrogen) atoms. The summed E-state index contributed by atoms with van der Waals surface area (Å²) >= 11 is 18.2. The van der Waals surface area contributed by atoms with Gasteiger partial charge in [0.15, 0.2) is 0 Å². The molecule has 0 aliphatic rings. The van der Waals surface area contributed by atoms with E-state index in [2.05, 4.69) is 41.3 Å². The minimum atomic E-state index is -4.01. The number of hydrogen-bond acceptors (Lipinski definition) is 4. The van der Waals surface area contributed by atoms with Crippen molar-refractivity contribution in [3.05, 3.63) is 79.7 Å². The maximum absolute atomic E-state index is 12.8. The Labute approximate surface area is 201 Å². The summed E-state index contributed by atoms with van der Waals surface area (Å²) in [7, 11) is -8.01. The van der Waals surface area contributed by atoms with Crippen LogP contribution in [-0.4, -0.2) is 16.8 Å². The Morgan fingerprint density at radius 3 is 1.20 bits per heavy atom. The lowest BCUT2D eigenvalue weighted by molar-refractivity contribution is 0.599. The van der Waals surface area contributed by atoms with Gasteiger partial charge in [-0.15, -0.1) is 0 Å². The van der Waals surface area contributed by atoms with E-state index in [0.29, 0.717) is 19.0 Å². The number of benzene rings is 3. The molecule has 3 rings (SSSR count). The molecule has 0 unspecified atom stereocenters. The summed E-state index contributed by atoms with van der Waals surface area (Å²) in [6, 6.07) is 14.0. The summed E-state index contributed by atoms with van der Waals surface area (Å²) in [6.07, 6.45) is 0. The summed E-state index contributed by atoms with van der Waals surface area (Å²) in [5.41, 5.74) is 0.0510. The van der Waals surface area contributed by atoms with Gasteiger partial charge in [0.1, 0.15) is 0 Å². The molecule has 0 heterocycles. The third-order valence-corrected chi connectivity index (χ3v) is 8.91. The van der Waals surface area contributed by atoms with Gasteiger partial charge in [-0.05, 0) is 92.5 Å². The van der Waals surface area contributed by atoms with Crippen LogP contribution >= 0.6 is 55.1 Å². The van der Waals surface area contributed by atoms with Crippen LogP contribution in [-0.2, 0) is 20.0 Å². The van der Waals surface area contributed by atoms with Gasteiger partial charge < -0.3 is 0 Å². The van der Waals surface area contributed by atoms with E-state index in [1.807, 2.05) is 0 Å². The predicted octanol–water partition coefficient (Wildman–Crippen LogP) is 6.12. The zero-order chi connectivity index (χ0) is 22.1. The lowest BCUT2D eigenvalue weighted by Gasteiger charge is -2.16. The molecule has 0 radical (unpaired) electrons. The van der Waals surface area contributed by atoms with Crippen LogP contribution in [0.1, 0.15) is 0 Å². The fraction of sp³-hybridized carbons (Fsp3) is 0. The molecule has 158 valence electrons. The molecule has 0 bridgehead atoms. The minimum Gasteiger partial charge on any atom is -0.277 e. The SMILES string of the molecule is O=S(=O)(Nc1cc(Br)c(Br)cc1NS(=O)(=O)c1ccc(Cl)cc1)c1ccc(Cl)cc1. The number of rotatable bonds is 6. The first-order valence-electron chi connectivity index (χ1n) is 8.04. The van der Waals surface area contributed by atoms with Gasteiger partial charge in [-0.2, -0.15) is 0 Å². The van der Waals surface area contributed by atoms with Gasteiger partial charge in [-0.25, -0.2) is 16.8 Å². The van der Waals surface area contributed by atoms with Gasteiger partial charge >= 0.3 is 0 Å². The number of nitrogens with one attached hydrogen (secondary N) is 2. The monoisotopic (exact) mass is 612 g/mol. The third-order valence-electron chi connectivity index (χ3n) is 3.80. The highest BCUT2D eigenvalue weighted by atomic mass is 79.9. The quantitative estimate of drug-likeness (QED) is 0.350. The van der Waals surface area contributed by atoms with Gasteiger partial charge in [0.2, 0.25) is 0 Å². The van der Waals surface area contributed by atoms with Crippen molar-refractivity contribution in [3.63, 3.8) is 0 Å². The largest absolute Gasteiger partial charge is 0.277 e. The summed E-state index contributed by atoms with van der Waals surface area (Å²) < 4.78 is 56.9. The Hall–Kier alpha value is -1.30. The Morgan fingerprint density at radius 2 is 0.900 bits per heavy atom. The molecule has 3 aromatic rings. The Balaban J connectivity index is 2.01. The van der Waals surface area contributed by atoms with Gasteiger partial charge in [0.05, 0.1) is 21.2 Å². The van der Waals surface area contributed by atoms with Crippen molar-refractivity contribution in [2.24, 2.45) is 0 Å². The Kier molecular flexibility index (Phi) is 7.05. The number of hydrogen-bond donors (Lipinski definition) is 2. The van der Waals surface area contributed by atoms with Crippen LogP contribution in [0.2, 0.25) is 10.0 Å². The maximum atomic E-state index is 12.8. The van der Waals surface area contributed by atoms with Crippen molar-refractivity contribution in [1.82, 2.24) is 0 Å². The Bertz CT molecular complexity index is 1200. The molecular formula is C18H12Br2Cl2N2O4S2. The summed E-state index contributed by atoms with van der Waals surface area (Å²) in [5, 5.41) is 0.772. The second-order valence-corrected chi connectivity index (χ2v) is 11.9. The van der Waals surface area contributed by atoms with E-state index in [1.54, 1.807) is 0 Å². The van der Waals surface area contributed by atoms with Crippen LogP contribution in [0.25, 0.3) is 0 Å². The van der Waals surface area contributed by atoms with E-state index >= 15 is 0 Å². The molecule has 0 spiro atoms. The standard InChI is InChI=1S/C18H12Br2Cl2N2O4S2/c19-15-9-17(23-29(25,26)13-5-1-11(21)2-6-13)18(10-16(15)20)24-30(27,28)14-7-3-12(22)4-8-14/h1-10,23-24H. The molecule has 0 amide bonds. The van der Waals surface area contributed by atoms with E-state index in [-0.39, 0.29) is 21.2 Å². The molecule has 0 saturated carbocycles. The fourth-order valence-electron chi connectivity index (χ4n) is 2.35. The van der Waals surface area contributed by atoms with Crippen LogP contribution in [0.15, 0.2) is 79.4 Å². The van der Waals surface area contributed by atoms with E-state index in [0.717, 1.165) is 0 Å². The van der Waals surface area contributed by atoms with Gasteiger partial charge in [0.25, 0.3) is 20.0 Å². The first-order chi connectivity index (χ1) is 14.0. The lowest BCUT2D eigenvalue weighted by Crippen LogP contribution is -2.17. The Morgan fingerprint density at radius 1 is 0.600 bits per heavy atom. The van der Waals surface area contributed by atoms with Crippen molar-refractivity contribution in [3.8, 4) is 0 Å². The highest BCUT2D eigenvalue weighted by molar-refractivity contribution is 9.13. The predicted molar refractivity (Wildman–Crippen MR) is 126 cm³/mol. The zero-order valence-corrected chi connectivity index (χ0v) is 21.1. The molecule has 0 saturated heterocycles. The first-order valence-corrected chi connectivity index (χ1v) is 13.3. The van der Waals surface area contributed by atoms with Crippen LogP contribution < -0.4 is 9.44 Å². The average Bonchev–Trinajstić information content (AvgIpc) is 2.66. The highest BCUT2D eigenvalue weighted by Gasteiger charge is 2.21. The minimum absolute atomic E-state index is 0.0255. The molecule has 2 N–H and O–H groups in total. The summed E-state index contributed by atoms with van der Waals surface area (Å²) in [5.74, 6) is 0. The van der Waals surface area contributed by atoms with E-state index in [4.69, 9.17) is 23.2 Å². The smallest absolute Gasteiger partial charge is 0.261 e. The van der Waals surface area contributed by atoms with Crippen LogP contribution in [0, 0.1) is 0 Å². The molecule has 0 aliphatic carbocycles. The van der Waals surface area contributed by atoms with Crippen molar-refractivity contribution in [2.45, 2.75) is 9.79 Å². The normalized spacial score (nSPS) is 11.9. The fourth-order valence-corrected chi connectivity index (χ4v) is 5.43. The molecule has 0 aromatic heterocycles. The molecular weight excluding hydrogens is 603 g/mol. The van der Waals surface area contributed by atoms with Crippen molar-refractivity contribution >= 4 is 86.5 Å². The summed E-state index contributed by atoms with van der Waals surface area (Å²) in [6.45, 7) is 0. The molecule has 0 atom stereocenters. The molecule has 6 nitrogen and oxygen atoms in total. The molecule has 0 fully saturated rings. The molecule has 0 aliphatic heterocycles. The second kappa shape index (κ2) is 9.05. The van der Waals surface area contributed by atoms with Gasteiger partial charge in [-0.1, -0.05) is 23.2 Å². The molecule has 3 aromatic carbocycles. The van der Waals surface area contributed by atoms with Crippen molar-refractivity contribution in [2.75, 3.05) is 9.44 Å². The molecule has 12 heteroatoms. The number of sulfonamides is 2. The average molecular weight is 615 g/mol. The zero-order valence-electron chi connectivity index (χ0n) is 14.7. The summed E-state index contributed by atoms with van der Waals surface area (Å²) in [4.78, 5) is -0.0603. The maximum Gasteiger partial charge on any atom is 0.261 e. The van der Waals surface area contributed by atoms with Crippen LogP contribution in [0.5, 0.6) is 0 Å². The highest BCUT2D eigenvalue weighted by Crippen LogP contribution is 2.35. The van der Waals surface area contributed by atoms with E-state index in [9.17, 15) is 16.8 Å². The third kappa shape index (κ3) is 5.49. The van der Waals surface area contributed by atoms with Crippen LogP contribution in [0.3, 0.4) is 0 Å². The number of halogens is 4. The second-order valence-electron chi connectivity index (χ2n) is 5.93. The van der Waals surface area contributed by atoms with Crippen molar-refractivity contribution < 1.29 is 16.8 Å².